The topological polar surface area (TPSA) is 33.6 Å². The minimum Gasteiger partial charge on any atom is -0.489 e. The second kappa shape index (κ2) is 8.91. The van der Waals surface area contributed by atoms with Crippen molar-refractivity contribution in [2.75, 3.05) is 5.43 Å². The van der Waals surface area contributed by atoms with Crippen LogP contribution in [-0.2, 0) is 6.61 Å². The maximum Gasteiger partial charge on any atom is 0.200 e. The first-order chi connectivity index (χ1) is 13.9. The summed E-state index contributed by atoms with van der Waals surface area (Å²) in [5.74, 6) is -9.80. The molecular weight excluding hydrogens is 415 g/mol. The van der Waals surface area contributed by atoms with Crippen molar-refractivity contribution >= 4 is 23.5 Å². The molecule has 1 N–H and O–H groups in total. The molecule has 29 heavy (non-hydrogen) atoms. The average molecular weight is 427 g/mol. The molecule has 3 aromatic carbocycles. The zero-order chi connectivity index (χ0) is 21.0. The van der Waals surface area contributed by atoms with Gasteiger partial charge in [-0.25, -0.2) is 22.0 Å². The summed E-state index contributed by atoms with van der Waals surface area (Å²) in [6, 6.07) is 13.6. The number of nitrogens with one attached hydrogen (secondary N) is 1. The fraction of sp³-hybridized carbons (Fsp3) is 0.0500. The number of rotatable bonds is 6. The minimum absolute atomic E-state index is 0.259. The van der Waals surface area contributed by atoms with Crippen molar-refractivity contribution in [3.63, 3.8) is 0 Å². The first kappa shape index (κ1) is 20.6. The molecule has 0 aliphatic rings. The molecular formula is C20H12ClF5N2O. The number of nitrogens with zero attached hydrogens (tertiary/aromatic N) is 1. The van der Waals surface area contributed by atoms with Crippen LogP contribution in [-0.4, -0.2) is 6.21 Å². The Morgan fingerprint density at radius 3 is 2.03 bits per heavy atom. The molecule has 3 nitrogen and oxygen atoms in total. The largest absolute Gasteiger partial charge is 0.489 e. The Morgan fingerprint density at radius 1 is 0.828 bits per heavy atom. The molecule has 0 amide bonds. The van der Waals surface area contributed by atoms with Gasteiger partial charge < -0.3 is 4.74 Å². The highest BCUT2D eigenvalue weighted by molar-refractivity contribution is 6.31. The van der Waals surface area contributed by atoms with Gasteiger partial charge in [0.2, 0.25) is 5.82 Å². The van der Waals surface area contributed by atoms with Crippen molar-refractivity contribution in [2.45, 2.75) is 6.61 Å². The van der Waals surface area contributed by atoms with E-state index in [4.69, 9.17) is 16.3 Å². The van der Waals surface area contributed by atoms with Gasteiger partial charge in [-0.3, -0.25) is 5.43 Å². The summed E-state index contributed by atoms with van der Waals surface area (Å²) < 4.78 is 72.0. The molecule has 9 heteroatoms. The van der Waals surface area contributed by atoms with E-state index >= 15 is 0 Å². The Balaban J connectivity index is 1.65. The minimum atomic E-state index is -2.23. The lowest BCUT2D eigenvalue weighted by atomic mass is 10.2. The highest BCUT2D eigenvalue weighted by Crippen LogP contribution is 2.27. The summed E-state index contributed by atoms with van der Waals surface area (Å²) in [5, 5.41) is 4.09. The SMILES string of the molecule is Fc1c(F)c(F)c(NN=Cc2ccc(OCc3ccccc3Cl)cc2)c(F)c1F. The van der Waals surface area contributed by atoms with Gasteiger partial charge in [-0.1, -0.05) is 29.8 Å². The van der Waals surface area contributed by atoms with E-state index in [0.717, 1.165) is 11.8 Å². The van der Waals surface area contributed by atoms with Crippen molar-refractivity contribution in [3.05, 3.63) is 93.8 Å². The van der Waals surface area contributed by atoms with E-state index in [9.17, 15) is 22.0 Å². The molecule has 0 aromatic heterocycles. The van der Waals surface area contributed by atoms with E-state index in [0.29, 0.717) is 16.3 Å². The quantitative estimate of drug-likeness (QED) is 0.171. The first-order valence-corrected chi connectivity index (χ1v) is 8.53. The molecule has 0 fully saturated rings. The second-order valence-electron chi connectivity index (χ2n) is 5.76. The summed E-state index contributed by atoms with van der Waals surface area (Å²) >= 11 is 6.05. The van der Waals surface area contributed by atoms with Crippen molar-refractivity contribution in [3.8, 4) is 5.75 Å². The van der Waals surface area contributed by atoms with Crippen LogP contribution < -0.4 is 10.2 Å². The number of benzene rings is 3. The summed E-state index contributed by atoms with van der Waals surface area (Å²) in [6.45, 7) is 0.259. The number of hydrogen-bond donors (Lipinski definition) is 1. The van der Waals surface area contributed by atoms with Crippen molar-refractivity contribution < 1.29 is 26.7 Å². The number of ether oxygens (including phenoxy) is 1. The molecule has 0 unspecified atom stereocenters. The van der Waals surface area contributed by atoms with Crippen molar-refractivity contribution in [1.82, 2.24) is 0 Å². The van der Waals surface area contributed by atoms with E-state index in [1.807, 2.05) is 17.6 Å². The van der Waals surface area contributed by atoms with Gasteiger partial charge in [0.05, 0.1) is 6.21 Å². The van der Waals surface area contributed by atoms with Crippen LogP contribution in [0.4, 0.5) is 27.6 Å². The van der Waals surface area contributed by atoms with Crippen LogP contribution in [0.25, 0.3) is 0 Å². The summed E-state index contributed by atoms with van der Waals surface area (Å²) in [5.41, 5.74) is 1.90. The van der Waals surface area contributed by atoms with Gasteiger partial charge in [-0.15, -0.1) is 0 Å². The van der Waals surface area contributed by atoms with Crippen molar-refractivity contribution in [2.24, 2.45) is 5.10 Å². The van der Waals surface area contributed by atoms with Crippen LogP contribution in [0.15, 0.2) is 53.6 Å². The number of anilines is 1. The monoisotopic (exact) mass is 426 g/mol. The summed E-state index contributed by atoms with van der Waals surface area (Å²) in [6.07, 6.45) is 1.15. The molecule has 0 saturated carbocycles. The molecule has 0 saturated heterocycles. The Morgan fingerprint density at radius 2 is 1.41 bits per heavy atom. The third-order valence-electron chi connectivity index (χ3n) is 3.83. The Bertz CT molecular complexity index is 1030. The zero-order valence-corrected chi connectivity index (χ0v) is 15.3. The van der Waals surface area contributed by atoms with Gasteiger partial charge in [0, 0.05) is 10.6 Å². The van der Waals surface area contributed by atoms with Crippen LogP contribution in [0.5, 0.6) is 5.75 Å². The first-order valence-electron chi connectivity index (χ1n) is 8.15. The molecule has 0 radical (unpaired) electrons. The van der Waals surface area contributed by atoms with Crippen molar-refractivity contribution in [1.29, 1.82) is 0 Å². The molecule has 0 heterocycles. The standard InChI is InChI=1S/C20H12ClF5N2O/c21-14-4-2-1-3-12(14)10-29-13-7-5-11(6-8-13)9-27-28-20-18(25)16(23)15(22)17(24)19(20)26/h1-9,28H,10H2. The number of halogens is 6. The Kier molecular flexibility index (Phi) is 6.33. The second-order valence-corrected chi connectivity index (χ2v) is 6.17. The van der Waals surface area contributed by atoms with Gasteiger partial charge in [0.1, 0.15) is 18.0 Å². The molecule has 3 aromatic rings. The maximum absolute atomic E-state index is 13.6. The van der Waals surface area contributed by atoms with Gasteiger partial charge in [-0.05, 0) is 35.9 Å². The lowest BCUT2D eigenvalue weighted by Crippen LogP contribution is -2.06. The lowest BCUT2D eigenvalue weighted by Gasteiger charge is -2.08. The van der Waals surface area contributed by atoms with E-state index < -0.39 is 34.8 Å². The van der Waals surface area contributed by atoms with E-state index in [1.165, 1.54) is 0 Å². The van der Waals surface area contributed by atoms with Crippen LogP contribution in [0, 0.1) is 29.1 Å². The predicted octanol–water partition coefficient (Wildman–Crippen LogP) is 6.06. The highest BCUT2D eigenvalue weighted by Gasteiger charge is 2.25. The molecule has 0 atom stereocenters. The zero-order valence-electron chi connectivity index (χ0n) is 14.5. The smallest absolute Gasteiger partial charge is 0.200 e. The van der Waals surface area contributed by atoms with Gasteiger partial charge in [-0.2, -0.15) is 5.10 Å². The fourth-order valence-electron chi connectivity index (χ4n) is 2.30. The molecule has 0 bridgehead atoms. The molecule has 3 rings (SSSR count). The van der Waals surface area contributed by atoms with E-state index in [-0.39, 0.29) is 6.61 Å². The van der Waals surface area contributed by atoms with Gasteiger partial charge in [0.15, 0.2) is 23.3 Å². The lowest BCUT2D eigenvalue weighted by molar-refractivity contribution is 0.306. The Labute approximate surface area is 167 Å². The number of hydrazone groups is 1. The molecule has 0 aliphatic carbocycles. The van der Waals surface area contributed by atoms with E-state index in [1.54, 1.807) is 36.4 Å². The number of hydrogen-bond acceptors (Lipinski definition) is 3. The molecule has 0 aliphatic heterocycles. The van der Waals surface area contributed by atoms with Crippen LogP contribution >= 0.6 is 11.6 Å². The predicted molar refractivity (Wildman–Crippen MR) is 99.7 cm³/mol. The summed E-state index contributed by atoms with van der Waals surface area (Å²) in [4.78, 5) is 0. The maximum atomic E-state index is 13.6. The fourth-order valence-corrected chi connectivity index (χ4v) is 2.49. The molecule has 0 spiro atoms. The Hall–Kier alpha value is -3.13. The van der Waals surface area contributed by atoms with Crippen LogP contribution in [0.3, 0.4) is 0 Å². The van der Waals surface area contributed by atoms with E-state index in [2.05, 4.69) is 5.10 Å². The third-order valence-corrected chi connectivity index (χ3v) is 4.20. The summed E-state index contributed by atoms with van der Waals surface area (Å²) in [7, 11) is 0. The third kappa shape index (κ3) is 4.65. The highest BCUT2D eigenvalue weighted by atomic mass is 35.5. The van der Waals surface area contributed by atoms with Gasteiger partial charge >= 0.3 is 0 Å². The average Bonchev–Trinajstić information content (AvgIpc) is 2.73. The van der Waals surface area contributed by atoms with Gasteiger partial charge in [0.25, 0.3) is 0 Å². The van der Waals surface area contributed by atoms with Crippen LogP contribution in [0.1, 0.15) is 11.1 Å². The van der Waals surface area contributed by atoms with Crippen LogP contribution in [0.2, 0.25) is 5.02 Å². The molecule has 150 valence electrons. The normalized spacial score (nSPS) is 11.1.